The Kier molecular flexibility index (Phi) is 2.99. The smallest absolute Gasteiger partial charge is 0.113 e. The van der Waals surface area contributed by atoms with Crippen LogP contribution < -0.4 is 5.32 Å². The summed E-state index contributed by atoms with van der Waals surface area (Å²) in [6, 6.07) is 0.756. The van der Waals surface area contributed by atoms with Crippen LogP contribution in [-0.2, 0) is 5.54 Å². The SMILES string of the molecule is CC1CCCC(NC2CC2)(c2nccs2)C1C. The first-order valence-corrected chi connectivity index (χ1v) is 7.78. The Morgan fingerprint density at radius 3 is 2.82 bits per heavy atom. The summed E-state index contributed by atoms with van der Waals surface area (Å²) in [4.78, 5) is 4.63. The zero-order chi connectivity index (χ0) is 11.9. The molecule has 2 nitrogen and oxygen atoms in total. The molecule has 0 amide bonds. The van der Waals surface area contributed by atoms with Crippen molar-refractivity contribution in [3.8, 4) is 0 Å². The van der Waals surface area contributed by atoms with Gasteiger partial charge >= 0.3 is 0 Å². The molecule has 2 aliphatic carbocycles. The minimum absolute atomic E-state index is 0.174. The Morgan fingerprint density at radius 2 is 2.18 bits per heavy atom. The van der Waals surface area contributed by atoms with Gasteiger partial charge < -0.3 is 5.32 Å². The highest BCUT2D eigenvalue weighted by Gasteiger charge is 2.47. The van der Waals surface area contributed by atoms with Crippen LogP contribution in [-0.4, -0.2) is 11.0 Å². The first-order valence-electron chi connectivity index (χ1n) is 6.90. The average molecular weight is 250 g/mol. The van der Waals surface area contributed by atoms with E-state index in [1.54, 1.807) is 0 Å². The molecule has 2 aliphatic rings. The predicted octanol–water partition coefficient (Wildman–Crippen LogP) is 3.55. The number of nitrogens with one attached hydrogen (secondary N) is 1. The maximum atomic E-state index is 4.63. The van der Waals surface area contributed by atoms with Crippen LogP contribution in [0.5, 0.6) is 0 Å². The topological polar surface area (TPSA) is 24.9 Å². The summed E-state index contributed by atoms with van der Waals surface area (Å²) in [5.74, 6) is 1.50. The lowest BCUT2D eigenvalue weighted by Gasteiger charge is -2.45. The molecule has 1 aromatic heterocycles. The predicted molar refractivity (Wildman–Crippen MR) is 72.1 cm³/mol. The van der Waals surface area contributed by atoms with E-state index < -0.39 is 0 Å². The summed E-state index contributed by atoms with van der Waals surface area (Å²) in [5, 5.41) is 7.38. The third-order valence-corrected chi connectivity index (χ3v) is 5.67. The molecule has 0 bridgehead atoms. The van der Waals surface area contributed by atoms with E-state index in [1.165, 1.54) is 37.1 Å². The summed E-state index contributed by atoms with van der Waals surface area (Å²) >= 11 is 1.83. The summed E-state index contributed by atoms with van der Waals surface area (Å²) in [6.07, 6.45) is 8.65. The second-order valence-corrected chi connectivity index (χ2v) is 6.78. The van der Waals surface area contributed by atoms with Gasteiger partial charge in [-0.2, -0.15) is 0 Å². The van der Waals surface area contributed by atoms with Crippen molar-refractivity contribution in [1.82, 2.24) is 10.3 Å². The molecule has 0 aromatic carbocycles. The first kappa shape index (κ1) is 11.7. The van der Waals surface area contributed by atoms with Crippen LogP contribution in [0.15, 0.2) is 11.6 Å². The second-order valence-electron chi connectivity index (χ2n) is 5.89. The number of nitrogens with zero attached hydrogens (tertiary/aromatic N) is 1. The maximum Gasteiger partial charge on any atom is 0.113 e. The number of hydrogen-bond acceptors (Lipinski definition) is 3. The highest BCUT2D eigenvalue weighted by molar-refractivity contribution is 7.09. The van der Waals surface area contributed by atoms with Crippen LogP contribution in [0, 0.1) is 11.8 Å². The van der Waals surface area contributed by atoms with Gasteiger partial charge in [0.15, 0.2) is 0 Å². The zero-order valence-electron chi connectivity index (χ0n) is 10.8. The molecule has 2 saturated carbocycles. The second kappa shape index (κ2) is 4.36. The van der Waals surface area contributed by atoms with Crippen molar-refractivity contribution >= 4 is 11.3 Å². The van der Waals surface area contributed by atoms with Gasteiger partial charge in [0, 0.05) is 17.6 Å². The third-order valence-electron chi connectivity index (χ3n) is 4.71. The summed E-state index contributed by atoms with van der Waals surface area (Å²) in [6.45, 7) is 4.82. The van der Waals surface area contributed by atoms with E-state index in [0.29, 0.717) is 5.92 Å². The van der Waals surface area contributed by atoms with Gasteiger partial charge in [0.05, 0.1) is 5.54 Å². The van der Waals surface area contributed by atoms with Crippen molar-refractivity contribution in [1.29, 1.82) is 0 Å². The Hall–Kier alpha value is -0.410. The molecule has 17 heavy (non-hydrogen) atoms. The van der Waals surface area contributed by atoms with Gasteiger partial charge in [-0.25, -0.2) is 4.98 Å². The lowest BCUT2D eigenvalue weighted by molar-refractivity contribution is 0.101. The van der Waals surface area contributed by atoms with E-state index in [-0.39, 0.29) is 5.54 Å². The number of aromatic nitrogens is 1. The molecule has 1 heterocycles. The van der Waals surface area contributed by atoms with Crippen LogP contribution in [0.25, 0.3) is 0 Å². The lowest BCUT2D eigenvalue weighted by Crippen LogP contribution is -2.52. The van der Waals surface area contributed by atoms with E-state index in [9.17, 15) is 0 Å². The van der Waals surface area contributed by atoms with E-state index in [1.807, 2.05) is 17.5 Å². The van der Waals surface area contributed by atoms with Gasteiger partial charge in [0.2, 0.25) is 0 Å². The van der Waals surface area contributed by atoms with Crippen LogP contribution >= 0.6 is 11.3 Å². The van der Waals surface area contributed by atoms with Gasteiger partial charge in [-0.1, -0.05) is 26.7 Å². The Labute approximate surface area is 108 Å². The Balaban J connectivity index is 1.94. The largest absolute Gasteiger partial charge is 0.302 e. The number of hydrogen-bond donors (Lipinski definition) is 1. The molecule has 3 rings (SSSR count). The molecule has 2 fully saturated rings. The quantitative estimate of drug-likeness (QED) is 0.887. The molecule has 94 valence electrons. The van der Waals surface area contributed by atoms with Crippen molar-refractivity contribution in [2.75, 3.05) is 0 Å². The molecule has 0 saturated heterocycles. The summed E-state index contributed by atoms with van der Waals surface area (Å²) < 4.78 is 0. The fourth-order valence-electron chi connectivity index (χ4n) is 3.27. The minimum Gasteiger partial charge on any atom is -0.302 e. The zero-order valence-corrected chi connectivity index (χ0v) is 11.6. The average Bonchev–Trinajstić information content (AvgIpc) is 2.96. The highest BCUT2D eigenvalue weighted by atomic mass is 32.1. The van der Waals surface area contributed by atoms with E-state index in [0.717, 1.165) is 12.0 Å². The van der Waals surface area contributed by atoms with Crippen molar-refractivity contribution in [2.24, 2.45) is 11.8 Å². The molecule has 3 heteroatoms. The molecule has 0 spiro atoms. The van der Waals surface area contributed by atoms with Crippen molar-refractivity contribution in [3.05, 3.63) is 16.6 Å². The van der Waals surface area contributed by atoms with Crippen LogP contribution in [0.1, 0.15) is 51.0 Å². The monoisotopic (exact) mass is 250 g/mol. The lowest BCUT2D eigenvalue weighted by atomic mass is 9.68. The molecular formula is C14H22N2S. The number of rotatable bonds is 3. The molecule has 3 atom stereocenters. The molecule has 0 aliphatic heterocycles. The fraction of sp³-hybridized carbons (Fsp3) is 0.786. The van der Waals surface area contributed by atoms with E-state index in [2.05, 4.69) is 29.5 Å². The van der Waals surface area contributed by atoms with Gasteiger partial charge in [0.1, 0.15) is 5.01 Å². The van der Waals surface area contributed by atoms with Crippen LogP contribution in [0.2, 0.25) is 0 Å². The summed E-state index contributed by atoms with van der Waals surface area (Å²) in [7, 11) is 0. The van der Waals surface area contributed by atoms with Gasteiger partial charge in [-0.15, -0.1) is 11.3 Å². The fourth-order valence-corrected chi connectivity index (χ4v) is 4.20. The van der Waals surface area contributed by atoms with E-state index >= 15 is 0 Å². The van der Waals surface area contributed by atoms with Crippen LogP contribution in [0.3, 0.4) is 0 Å². The Morgan fingerprint density at radius 1 is 1.35 bits per heavy atom. The maximum absolute atomic E-state index is 4.63. The molecule has 3 unspecified atom stereocenters. The molecule has 1 N–H and O–H groups in total. The minimum atomic E-state index is 0.174. The molecular weight excluding hydrogens is 228 g/mol. The van der Waals surface area contributed by atoms with Crippen molar-refractivity contribution in [2.45, 2.75) is 57.5 Å². The first-order chi connectivity index (χ1) is 8.22. The summed E-state index contributed by atoms with van der Waals surface area (Å²) in [5.41, 5.74) is 0.174. The van der Waals surface area contributed by atoms with E-state index in [4.69, 9.17) is 0 Å². The molecule has 0 radical (unpaired) electrons. The van der Waals surface area contributed by atoms with Crippen molar-refractivity contribution in [3.63, 3.8) is 0 Å². The van der Waals surface area contributed by atoms with Crippen molar-refractivity contribution < 1.29 is 0 Å². The van der Waals surface area contributed by atoms with Gasteiger partial charge in [0.25, 0.3) is 0 Å². The molecule has 1 aromatic rings. The number of thiazole rings is 1. The van der Waals surface area contributed by atoms with Crippen LogP contribution in [0.4, 0.5) is 0 Å². The normalized spacial score (nSPS) is 38.2. The van der Waals surface area contributed by atoms with Gasteiger partial charge in [-0.3, -0.25) is 0 Å². The van der Waals surface area contributed by atoms with Gasteiger partial charge in [-0.05, 0) is 31.1 Å². The Bertz CT molecular complexity index is 372. The third kappa shape index (κ3) is 2.04. The standard InChI is InChI=1S/C14H22N2S/c1-10-4-3-7-14(11(10)2,16-12-5-6-12)13-15-8-9-17-13/h8-12,16H,3-7H2,1-2H3. The highest BCUT2D eigenvalue weighted by Crippen LogP contribution is 2.46.